The summed E-state index contributed by atoms with van der Waals surface area (Å²) in [4.78, 5) is 12.9. The summed E-state index contributed by atoms with van der Waals surface area (Å²) >= 11 is 1.47. The normalized spacial score (nSPS) is 12.5. The summed E-state index contributed by atoms with van der Waals surface area (Å²) in [7, 11) is 0. The van der Waals surface area contributed by atoms with E-state index in [0.717, 1.165) is 21.2 Å². The summed E-state index contributed by atoms with van der Waals surface area (Å²) in [6.45, 7) is 0.419. The van der Waals surface area contributed by atoms with Gasteiger partial charge in [-0.15, -0.1) is 0 Å². The molecule has 0 spiro atoms. The molecular formula is C23H27N5O2S. The molecule has 0 aliphatic rings. The number of hydrazine groups is 1. The van der Waals surface area contributed by atoms with E-state index in [2.05, 4.69) is 16.9 Å². The standard InChI is InChI=1S/C23H27N5O2S/c24-20(15-26-31-22-8-2-1-3-9-22)16-28(25)21(14-23(29)27-30)13-17-10-11-18-6-4-5-7-19(18)12-17/h1-12,16,21,26,30H,13-15,24-25H2,(H,27,29)/b20-16-. The van der Waals surface area contributed by atoms with E-state index in [1.54, 1.807) is 11.7 Å². The zero-order valence-corrected chi connectivity index (χ0v) is 17.9. The predicted molar refractivity (Wildman–Crippen MR) is 125 cm³/mol. The van der Waals surface area contributed by atoms with Gasteiger partial charge in [-0.25, -0.2) is 11.3 Å². The molecule has 0 aliphatic heterocycles. The molecule has 0 fully saturated rings. The number of hydrogen-bond donors (Lipinski definition) is 5. The van der Waals surface area contributed by atoms with Gasteiger partial charge < -0.3 is 10.7 Å². The van der Waals surface area contributed by atoms with Crippen molar-refractivity contribution < 1.29 is 10.0 Å². The summed E-state index contributed by atoms with van der Waals surface area (Å²) in [5.74, 6) is 5.74. The third-order valence-electron chi connectivity index (χ3n) is 4.78. The summed E-state index contributed by atoms with van der Waals surface area (Å²) in [6.07, 6.45) is 2.16. The van der Waals surface area contributed by atoms with E-state index in [0.29, 0.717) is 18.7 Å². The minimum absolute atomic E-state index is 0.0236. The molecule has 0 saturated carbocycles. The maximum absolute atomic E-state index is 11.8. The molecule has 0 heterocycles. The van der Waals surface area contributed by atoms with Crippen molar-refractivity contribution in [1.82, 2.24) is 15.2 Å². The van der Waals surface area contributed by atoms with Crippen LogP contribution in [0.5, 0.6) is 0 Å². The Hall–Kier alpha value is -3.04. The van der Waals surface area contributed by atoms with Crippen LogP contribution in [0.25, 0.3) is 10.8 Å². The van der Waals surface area contributed by atoms with Crippen molar-refractivity contribution in [2.75, 3.05) is 6.54 Å². The van der Waals surface area contributed by atoms with Crippen LogP contribution in [-0.2, 0) is 11.2 Å². The van der Waals surface area contributed by atoms with Crippen LogP contribution in [0.4, 0.5) is 0 Å². The van der Waals surface area contributed by atoms with Crippen LogP contribution in [0.1, 0.15) is 12.0 Å². The molecule has 3 aromatic carbocycles. The van der Waals surface area contributed by atoms with E-state index < -0.39 is 5.91 Å². The molecule has 0 radical (unpaired) electrons. The minimum Gasteiger partial charge on any atom is -0.400 e. The van der Waals surface area contributed by atoms with Crippen LogP contribution >= 0.6 is 11.9 Å². The first-order chi connectivity index (χ1) is 15.0. The van der Waals surface area contributed by atoms with Crippen molar-refractivity contribution in [2.24, 2.45) is 11.6 Å². The van der Waals surface area contributed by atoms with E-state index in [4.69, 9.17) is 16.8 Å². The summed E-state index contributed by atoms with van der Waals surface area (Å²) < 4.78 is 3.19. The van der Waals surface area contributed by atoms with Crippen molar-refractivity contribution in [3.05, 3.63) is 90.3 Å². The number of carbonyl (C=O) groups excluding carboxylic acids is 1. The molecule has 162 valence electrons. The molecule has 1 amide bonds. The quantitative estimate of drug-likeness (QED) is 0.143. The van der Waals surface area contributed by atoms with Crippen molar-refractivity contribution >= 4 is 28.6 Å². The number of rotatable bonds is 10. The number of carbonyl (C=O) groups is 1. The zero-order chi connectivity index (χ0) is 22.1. The Morgan fingerprint density at radius 1 is 1.06 bits per heavy atom. The lowest BCUT2D eigenvalue weighted by atomic mass is 9.99. The monoisotopic (exact) mass is 437 g/mol. The first-order valence-electron chi connectivity index (χ1n) is 9.89. The number of nitrogens with two attached hydrogens (primary N) is 2. The van der Waals surface area contributed by atoms with Crippen LogP contribution in [-0.4, -0.2) is 28.7 Å². The number of hydrogen-bond acceptors (Lipinski definition) is 7. The van der Waals surface area contributed by atoms with Gasteiger partial charge >= 0.3 is 0 Å². The van der Waals surface area contributed by atoms with Gasteiger partial charge in [0.2, 0.25) is 5.91 Å². The number of nitrogens with one attached hydrogen (secondary N) is 2. The first-order valence-corrected chi connectivity index (χ1v) is 10.7. The van der Waals surface area contributed by atoms with E-state index >= 15 is 0 Å². The molecule has 0 aromatic heterocycles. The molecule has 3 aromatic rings. The number of hydroxylamine groups is 1. The molecule has 1 atom stereocenters. The largest absolute Gasteiger partial charge is 0.400 e. The van der Waals surface area contributed by atoms with Gasteiger partial charge in [0.05, 0.1) is 12.5 Å². The second-order valence-electron chi connectivity index (χ2n) is 7.17. The number of nitrogens with zero attached hydrogens (tertiary/aromatic N) is 1. The smallest absolute Gasteiger partial charge is 0.245 e. The van der Waals surface area contributed by atoms with Crippen molar-refractivity contribution in [3.8, 4) is 0 Å². The van der Waals surface area contributed by atoms with Crippen LogP contribution in [0.15, 0.2) is 89.6 Å². The van der Waals surface area contributed by atoms with Gasteiger partial charge in [0.25, 0.3) is 0 Å². The van der Waals surface area contributed by atoms with Gasteiger partial charge in [-0.3, -0.25) is 14.7 Å². The fraction of sp³-hybridized carbons (Fsp3) is 0.174. The number of amides is 1. The SMILES string of the molecule is N/C(=C\N(N)C(CC(=O)NO)Cc1ccc2ccccc2c1)CNSc1ccccc1. The van der Waals surface area contributed by atoms with E-state index in [-0.39, 0.29) is 12.5 Å². The second-order valence-corrected chi connectivity index (χ2v) is 8.13. The van der Waals surface area contributed by atoms with Crippen LogP contribution in [0.2, 0.25) is 0 Å². The van der Waals surface area contributed by atoms with E-state index in [1.807, 2.05) is 60.7 Å². The van der Waals surface area contributed by atoms with Gasteiger partial charge in [0.15, 0.2) is 0 Å². The summed E-state index contributed by atoms with van der Waals surface area (Å²) in [5.41, 5.74) is 9.37. The maximum atomic E-state index is 11.8. The minimum atomic E-state index is -0.508. The van der Waals surface area contributed by atoms with Crippen LogP contribution in [0.3, 0.4) is 0 Å². The van der Waals surface area contributed by atoms with Gasteiger partial charge in [0, 0.05) is 23.3 Å². The van der Waals surface area contributed by atoms with Crippen LogP contribution in [0, 0.1) is 0 Å². The molecule has 31 heavy (non-hydrogen) atoms. The Balaban J connectivity index is 1.65. The third-order valence-corrected chi connectivity index (χ3v) is 5.57. The Bertz CT molecular complexity index is 1030. The second kappa shape index (κ2) is 11.4. The Morgan fingerprint density at radius 3 is 2.52 bits per heavy atom. The molecule has 0 bridgehead atoms. The molecule has 8 heteroatoms. The Kier molecular flexibility index (Phi) is 8.31. The fourth-order valence-electron chi connectivity index (χ4n) is 3.21. The van der Waals surface area contributed by atoms with Crippen molar-refractivity contribution in [3.63, 3.8) is 0 Å². The molecular weight excluding hydrogens is 410 g/mol. The van der Waals surface area contributed by atoms with Crippen LogP contribution < -0.4 is 21.8 Å². The summed E-state index contributed by atoms with van der Waals surface area (Å²) in [6, 6.07) is 23.7. The van der Waals surface area contributed by atoms with Gasteiger partial charge in [-0.05, 0) is 46.8 Å². The van der Waals surface area contributed by atoms with E-state index in [9.17, 15) is 4.79 Å². The zero-order valence-electron chi connectivity index (χ0n) is 17.1. The lowest BCUT2D eigenvalue weighted by Gasteiger charge is -2.26. The molecule has 0 aliphatic carbocycles. The van der Waals surface area contributed by atoms with Gasteiger partial charge in [0.1, 0.15) is 0 Å². The Morgan fingerprint density at radius 2 is 1.77 bits per heavy atom. The lowest BCUT2D eigenvalue weighted by molar-refractivity contribution is -0.130. The van der Waals surface area contributed by atoms with Crippen molar-refractivity contribution in [1.29, 1.82) is 0 Å². The average molecular weight is 438 g/mol. The molecule has 7 N–H and O–H groups in total. The third kappa shape index (κ3) is 7.01. The average Bonchev–Trinajstić information content (AvgIpc) is 2.79. The van der Waals surface area contributed by atoms with Gasteiger partial charge in [-0.1, -0.05) is 60.7 Å². The molecule has 3 rings (SSSR count). The first kappa shape index (κ1) is 22.6. The highest BCUT2D eigenvalue weighted by Crippen LogP contribution is 2.19. The highest BCUT2D eigenvalue weighted by atomic mass is 32.2. The predicted octanol–water partition coefficient (Wildman–Crippen LogP) is 2.92. The lowest BCUT2D eigenvalue weighted by Crippen LogP contribution is -2.42. The number of benzene rings is 3. The summed E-state index contributed by atoms with van der Waals surface area (Å²) in [5, 5.41) is 12.7. The maximum Gasteiger partial charge on any atom is 0.245 e. The van der Waals surface area contributed by atoms with E-state index in [1.165, 1.54) is 17.0 Å². The number of fused-ring (bicyclic) bond motifs is 1. The Labute approximate surface area is 186 Å². The fourth-order valence-corrected chi connectivity index (χ4v) is 3.91. The van der Waals surface area contributed by atoms with Gasteiger partial charge in [-0.2, -0.15) is 0 Å². The molecule has 1 unspecified atom stereocenters. The molecule has 0 saturated heterocycles. The van der Waals surface area contributed by atoms with Crippen molar-refractivity contribution in [2.45, 2.75) is 23.8 Å². The topological polar surface area (TPSA) is 117 Å². The molecule has 7 nitrogen and oxygen atoms in total. The highest BCUT2D eigenvalue weighted by Gasteiger charge is 2.19. The highest BCUT2D eigenvalue weighted by molar-refractivity contribution is 7.97.